The summed E-state index contributed by atoms with van der Waals surface area (Å²) in [5, 5.41) is 2.36. The maximum absolute atomic E-state index is 11.5. The van der Waals surface area contributed by atoms with Gasteiger partial charge in [0, 0.05) is 13.1 Å². The van der Waals surface area contributed by atoms with E-state index in [0.717, 1.165) is 0 Å². The van der Waals surface area contributed by atoms with Gasteiger partial charge in [-0.3, -0.25) is 9.59 Å². The Morgan fingerprint density at radius 3 is 2.92 bits per heavy atom. The number of nitrogens with zero attached hydrogens (tertiary/aromatic N) is 1. The summed E-state index contributed by atoms with van der Waals surface area (Å²) in [5.41, 5.74) is 0. The van der Waals surface area contributed by atoms with Gasteiger partial charge in [0.05, 0.1) is 5.25 Å². The molecule has 2 unspecified atom stereocenters. The van der Waals surface area contributed by atoms with Crippen molar-refractivity contribution in [3.63, 3.8) is 0 Å². The number of thiol groups is 1. The van der Waals surface area contributed by atoms with Crippen LogP contribution in [0.4, 0.5) is 0 Å². The maximum Gasteiger partial charge on any atom is 0.242 e. The van der Waals surface area contributed by atoms with E-state index in [2.05, 4.69) is 17.9 Å². The molecular formula is C8H14N2O2S. The van der Waals surface area contributed by atoms with Gasteiger partial charge < -0.3 is 10.2 Å². The Kier molecular flexibility index (Phi) is 3.19. The fourth-order valence-electron chi connectivity index (χ4n) is 1.32. The normalized spacial score (nSPS) is 25.3. The molecule has 0 saturated carbocycles. The summed E-state index contributed by atoms with van der Waals surface area (Å²) in [5.74, 6) is -0.167. The maximum atomic E-state index is 11.5. The monoisotopic (exact) mass is 202 g/mol. The second-order valence-corrected chi connectivity index (χ2v) is 3.95. The molecular weight excluding hydrogens is 188 g/mol. The minimum atomic E-state index is -0.365. The van der Waals surface area contributed by atoms with Gasteiger partial charge in [0.15, 0.2) is 0 Å². The summed E-state index contributed by atoms with van der Waals surface area (Å²) in [6.07, 6.45) is 0. The van der Waals surface area contributed by atoms with Crippen molar-refractivity contribution in [1.82, 2.24) is 10.2 Å². The summed E-state index contributed by atoms with van der Waals surface area (Å²) >= 11 is 4.05. The van der Waals surface area contributed by atoms with Crippen LogP contribution in [0.25, 0.3) is 0 Å². The second-order valence-electron chi connectivity index (χ2n) is 3.17. The Bertz CT molecular complexity index is 230. The summed E-state index contributed by atoms with van der Waals surface area (Å²) in [6.45, 7) is 4.55. The molecule has 2 atom stereocenters. The van der Waals surface area contributed by atoms with E-state index in [9.17, 15) is 9.59 Å². The fraction of sp³-hybridized carbons (Fsp3) is 0.750. The van der Waals surface area contributed by atoms with E-state index in [-0.39, 0.29) is 23.1 Å². The summed E-state index contributed by atoms with van der Waals surface area (Å²) in [7, 11) is 0. The van der Waals surface area contributed by atoms with Crippen LogP contribution in [0.5, 0.6) is 0 Å². The lowest BCUT2D eigenvalue weighted by molar-refractivity contribution is -0.141. The average Bonchev–Trinajstić information content (AvgIpc) is 2.08. The van der Waals surface area contributed by atoms with Gasteiger partial charge in [0.25, 0.3) is 0 Å². The molecule has 2 amide bonds. The lowest BCUT2D eigenvalue weighted by Crippen LogP contribution is -2.57. The molecule has 0 spiro atoms. The predicted molar refractivity (Wildman–Crippen MR) is 52.6 cm³/mol. The zero-order valence-corrected chi connectivity index (χ0v) is 8.67. The van der Waals surface area contributed by atoms with E-state index < -0.39 is 0 Å². The second kappa shape index (κ2) is 4.00. The van der Waals surface area contributed by atoms with Crippen LogP contribution in [-0.2, 0) is 9.59 Å². The molecule has 13 heavy (non-hydrogen) atoms. The van der Waals surface area contributed by atoms with E-state index >= 15 is 0 Å². The quantitative estimate of drug-likeness (QED) is 0.571. The van der Waals surface area contributed by atoms with Crippen LogP contribution >= 0.6 is 12.6 Å². The third-order valence-corrected chi connectivity index (χ3v) is 2.36. The first-order valence-electron chi connectivity index (χ1n) is 4.30. The molecule has 1 N–H and O–H groups in total. The highest BCUT2D eigenvalue weighted by atomic mass is 32.1. The van der Waals surface area contributed by atoms with E-state index in [0.29, 0.717) is 13.1 Å². The highest BCUT2D eigenvalue weighted by molar-refractivity contribution is 7.81. The molecule has 0 aromatic rings. The highest BCUT2D eigenvalue weighted by Gasteiger charge is 2.30. The van der Waals surface area contributed by atoms with Gasteiger partial charge in [-0.15, -0.1) is 0 Å². The summed E-state index contributed by atoms with van der Waals surface area (Å²) in [4.78, 5) is 24.3. The summed E-state index contributed by atoms with van der Waals surface area (Å²) < 4.78 is 0. The minimum absolute atomic E-state index is 0.0781. The van der Waals surface area contributed by atoms with Gasteiger partial charge in [-0.25, -0.2) is 0 Å². The van der Waals surface area contributed by atoms with Gasteiger partial charge in [0.1, 0.15) is 6.04 Å². The Morgan fingerprint density at radius 2 is 2.38 bits per heavy atom. The lowest BCUT2D eigenvalue weighted by Gasteiger charge is -2.33. The van der Waals surface area contributed by atoms with Crippen LogP contribution < -0.4 is 5.32 Å². The highest BCUT2D eigenvalue weighted by Crippen LogP contribution is 2.08. The topological polar surface area (TPSA) is 49.4 Å². The smallest absolute Gasteiger partial charge is 0.242 e. The first kappa shape index (κ1) is 10.4. The number of hydrogen-bond donors (Lipinski definition) is 2. The third-order valence-electron chi connectivity index (χ3n) is 2.14. The Balaban J connectivity index is 2.68. The molecule has 0 bridgehead atoms. The first-order valence-corrected chi connectivity index (χ1v) is 4.82. The molecule has 1 heterocycles. The van der Waals surface area contributed by atoms with Gasteiger partial charge in [-0.1, -0.05) is 0 Å². The van der Waals surface area contributed by atoms with Crippen molar-refractivity contribution < 1.29 is 9.59 Å². The molecule has 0 radical (unpaired) electrons. The van der Waals surface area contributed by atoms with Gasteiger partial charge in [0.2, 0.25) is 11.8 Å². The number of hydrogen-bond acceptors (Lipinski definition) is 3. The molecule has 74 valence electrons. The van der Waals surface area contributed by atoms with E-state index in [1.54, 1.807) is 18.7 Å². The molecule has 0 aliphatic carbocycles. The van der Waals surface area contributed by atoms with Crippen molar-refractivity contribution in [3.05, 3.63) is 0 Å². The van der Waals surface area contributed by atoms with Crippen LogP contribution in [0.15, 0.2) is 0 Å². The van der Waals surface area contributed by atoms with Crippen LogP contribution in [0.2, 0.25) is 0 Å². The zero-order valence-electron chi connectivity index (χ0n) is 7.78. The van der Waals surface area contributed by atoms with Gasteiger partial charge in [-0.2, -0.15) is 12.6 Å². The molecule has 4 nitrogen and oxygen atoms in total. The first-order chi connectivity index (χ1) is 6.04. The van der Waals surface area contributed by atoms with Crippen LogP contribution in [-0.4, -0.2) is 41.1 Å². The standard InChI is InChI=1S/C8H14N2O2S/c1-5-7(11)9-3-4-10(5)8(12)6(2)13/h5-6,13H,3-4H2,1-2H3,(H,9,11). The Morgan fingerprint density at radius 1 is 1.77 bits per heavy atom. The zero-order chi connectivity index (χ0) is 10.0. The molecule has 1 rings (SSSR count). The number of amides is 2. The van der Waals surface area contributed by atoms with Crippen molar-refractivity contribution in [1.29, 1.82) is 0 Å². The van der Waals surface area contributed by atoms with Gasteiger partial charge >= 0.3 is 0 Å². The Hall–Kier alpha value is -0.710. The average molecular weight is 202 g/mol. The molecule has 1 aliphatic rings. The van der Waals surface area contributed by atoms with E-state index in [4.69, 9.17) is 0 Å². The number of carbonyl (C=O) groups excluding carboxylic acids is 2. The number of nitrogens with one attached hydrogen (secondary N) is 1. The molecule has 5 heteroatoms. The molecule has 0 aromatic carbocycles. The van der Waals surface area contributed by atoms with Crippen molar-refractivity contribution in [2.45, 2.75) is 25.1 Å². The summed E-state index contributed by atoms with van der Waals surface area (Å²) in [6, 6.07) is -0.365. The Labute approximate surface area is 83.1 Å². The third kappa shape index (κ3) is 2.15. The number of piperazine rings is 1. The lowest BCUT2D eigenvalue weighted by atomic mass is 10.2. The van der Waals surface area contributed by atoms with Crippen LogP contribution in [0.1, 0.15) is 13.8 Å². The molecule has 0 aromatic heterocycles. The largest absolute Gasteiger partial charge is 0.353 e. The fourth-order valence-corrected chi connectivity index (χ4v) is 1.47. The molecule has 1 aliphatic heterocycles. The van der Waals surface area contributed by atoms with Crippen molar-refractivity contribution >= 4 is 24.4 Å². The van der Waals surface area contributed by atoms with Crippen molar-refractivity contribution in [2.75, 3.05) is 13.1 Å². The number of carbonyl (C=O) groups is 2. The minimum Gasteiger partial charge on any atom is -0.353 e. The molecule has 1 saturated heterocycles. The molecule has 1 fully saturated rings. The van der Waals surface area contributed by atoms with E-state index in [1.165, 1.54) is 0 Å². The predicted octanol–water partition coefficient (Wildman–Crippen LogP) is -0.348. The number of rotatable bonds is 1. The van der Waals surface area contributed by atoms with E-state index in [1.807, 2.05) is 0 Å². The SMILES string of the molecule is CC(S)C(=O)N1CCNC(=O)C1C. The van der Waals surface area contributed by atoms with Crippen molar-refractivity contribution in [2.24, 2.45) is 0 Å². The van der Waals surface area contributed by atoms with Crippen LogP contribution in [0, 0.1) is 0 Å². The van der Waals surface area contributed by atoms with Crippen molar-refractivity contribution in [3.8, 4) is 0 Å². The van der Waals surface area contributed by atoms with Gasteiger partial charge in [-0.05, 0) is 13.8 Å². The van der Waals surface area contributed by atoms with Crippen LogP contribution in [0.3, 0.4) is 0 Å².